The molecule has 0 bridgehead atoms. The van der Waals surface area contributed by atoms with Gasteiger partial charge in [0.05, 0.1) is 5.56 Å². The van der Waals surface area contributed by atoms with E-state index >= 15 is 0 Å². The highest BCUT2D eigenvalue weighted by Crippen LogP contribution is 2.64. The molecule has 2 rings (SSSR count). The molecule has 0 amide bonds. The Hall–Kier alpha value is -1.59. The molecule has 1 aromatic carbocycles. The predicted molar refractivity (Wildman–Crippen MR) is 59.1 cm³/mol. The standard InChI is InChI=1S/C13H12F4O2/c1-11(2)6-12(11,10(18)19)8-4-3-7(5-9(8)14)13(15,16)17/h3-5H,6H2,1-2H3,(H,18,19). The van der Waals surface area contributed by atoms with E-state index in [1.165, 1.54) is 0 Å². The third-order valence-corrected chi connectivity index (χ3v) is 3.86. The first-order chi connectivity index (χ1) is 8.52. The maximum atomic E-state index is 13.9. The molecule has 104 valence electrons. The molecule has 1 aromatic rings. The summed E-state index contributed by atoms with van der Waals surface area (Å²) in [6.07, 6.45) is -4.44. The summed E-state index contributed by atoms with van der Waals surface area (Å²) in [6.45, 7) is 3.30. The van der Waals surface area contributed by atoms with Crippen molar-refractivity contribution in [3.05, 3.63) is 35.1 Å². The van der Waals surface area contributed by atoms with E-state index in [4.69, 9.17) is 0 Å². The molecule has 1 atom stereocenters. The average Bonchev–Trinajstić information content (AvgIpc) is 2.81. The van der Waals surface area contributed by atoms with Gasteiger partial charge in [0.2, 0.25) is 0 Å². The van der Waals surface area contributed by atoms with E-state index < -0.39 is 34.4 Å². The first-order valence-corrected chi connectivity index (χ1v) is 5.63. The quantitative estimate of drug-likeness (QED) is 0.838. The average molecular weight is 276 g/mol. The molecule has 0 heterocycles. The van der Waals surface area contributed by atoms with Gasteiger partial charge in [-0.3, -0.25) is 4.79 Å². The fraction of sp³-hybridized carbons (Fsp3) is 0.462. The Morgan fingerprint density at radius 1 is 1.32 bits per heavy atom. The van der Waals surface area contributed by atoms with Gasteiger partial charge in [-0.25, -0.2) is 4.39 Å². The Morgan fingerprint density at radius 3 is 2.16 bits per heavy atom. The van der Waals surface area contributed by atoms with Gasteiger partial charge in [-0.2, -0.15) is 13.2 Å². The van der Waals surface area contributed by atoms with Gasteiger partial charge < -0.3 is 5.11 Å². The molecular weight excluding hydrogens is 264 g/mol. The van der Waals surface area contributed by atoms with Crippen molar-refractivity contribution in [2.24, 2.45) is 5.41 Å². The summed E-state index contributed by atoms with van der Waals surface area (Å²) in [5.74, 6) is -2.33. The molecular formula is C13H12F4O2. The van der Waals surface area contributed by atoms with Crippen LogP contribution < -0.4 is 0 Å². The van der Waals surface area contributed by atoms with Gasteiger partial charge in [0.15, 0.2) is 0 Å². The fourth-order valence-corrected chi connectivity index (χ4v) is 2.60. The number of halogens is 4. The highest BCUT2D eigenvalue weighted by atomic mass is 19.4. The number of benzene rings is 1. The second-order valence-corrected chi connectivity index (χ2v) is 5.46. The highest BCUT2D eigenvalue weighted by molar-refractivity contribution is 5.87. The zero-order chi connectivity index (χ0) is 14.6. The van der Waals surface area contributed by atoms with Crippen LogP contribution in [0, 0.1) is 11.2 Å². The lowest BCUT2D eigenvalue weighted by atomic mass is 9.87. The van der Waals surface area contributed by atoms with Gasteiger partial charge in [0.25, 0.3) is 0 Å². The normalized spacial score (nSPS) is 25.2. The Labute approximate surface area is 107 Å². The first kappa shape index (κ1) is 13.8. The summed E-state index contributed by atoms with van der Waals surface area (Å²) in [7, 11) is 0. The second-order valence-electron chi connectivity index (χ2n) is 5.46. The van der Waals surface area contributed by atoms with Crippen LogP contribution in [0.5, 0.6) is 0 Å². The fourth-order valence-electron chi connectivity index (χ4n) is 2.60. The minimum atomic E-state index is -4.64. The Bertz CT molecular complexity index is 548. The van der Waals surface area contributed by atoms with E-state index in [-0.39, 0.29) is 12.0 Å². The molecule has 0 radical (unpaired) electrons. The minimum Gasteiger partial charge on any atom is -0.481 e. The topological polar surface area (TPSA) is 37.3 Å². The van der Waals surface area contributed by atoms with Crippen molar-refractivity contribution in [3.63, 3.8) is 0 Å². The summed E-state index contributed by atoms with van der Waals surface area (Å²) in [5.41, 5.74) is -3.40. The number of hydrogen-bond donors (Lipinski definition) is 1. The number of carbonyl (C=O) groups is 1. The van der Waals surface area contributed by atoms with Crippen LogP contribution in [0.15, 0.2) is 18.2 Å². The van der Waals surface area contributed by atoms with Crippen molar-refractivity contribution in [2.45, 2.75) is 31.9 Å². The summed E-state index contributed by atoms with van der Waals surface area (Å²) >= 11 is 0. The summed E-state index contributed by atoms with van der Waals surface area (Å²) in [5, 5.41) is 9.26. The zero-order valence-electron chi connectivity index (χ0n) is 10.3. The van der Waals surface area contributed by atoms with Gasteiger partial charge in [0, 0.05) is 5.56 Å². The van der Waals surface area contributed by atoms with Crippen molar-refractivity contribution in [3.8, 4) is 0 Å². The molecule has 1 unspecified atom stereocenters. The third-order valence-electron chi connectivity index (χ3n) is 3.86. The zero-order valence-corrected chi connectivity index (χ0v) is 10.3. The first-order valence-electron chi connectivity index (χ1n) is 5.63. The van der Waals surface area contributed by atoms with Crippen LogP contribution in [0.25, 0.3) is 0 Å². The van der Waals surface area contributed by atoms with Crippen LogP contribution in [0.3, 0.4) is 0 Å². The van der Waals surface area contributed by atoms with E-state index in [0.717, 1.165) is 12.1 Å². The maximum Gasteiger partial charge on any atom is 0.416 e. The van der Waals surface area contributed by atoms with Crippen LogP contribution in [-0.2, 0) is 16.4 Å². The van der Waals surface area contributed by atoms with Gasteiger partial charge in [-0.1, -0.05) is 19.9 Å². The smallest absolute Gasteiger partial charge is 0.416 e. The molecule has 1 fully saturated rings. The van der Waals surface area contributed by atoms with E-state index in [1.807, 2.05) is 0 Å². The Balaban J connectivity index is 2.52. The van der Waals surface area contributed by atoms with Crippen LogP contribution in [0.4, 0.5) is 17.6 Å². The van der Waals surface area contributed by atoms with Crippen LogP contribution in [0.1, 0.15) is 31.4 Å². The molecule has 1 aliphatic rings. The maximum absolute atomic E-state index is 13.9. The second kappa shape index (κ2) is 3.71. The molecule has 6 heteroatoms. The Morgan fingerprint density at radius 2 is 1.84 bits per heavy atom. The number of hydrogen-bond acceptors (Lipinski definition) is 1. The summed E-state index contributed by atoms with van der Waals surface area (Å²) in [6, 6.07) is 2.01. The van der Waals surface area contributed by atoms with E-state index in [9.17, 15) is 27.5 Å². The monoisotopic (exact) mass is 276 g/mol. The number of aliphatic carboxylic acids is 1. The third kappa shape index (κ3) is 1.89. The molecule has 1 aliphatic carbocycles. The molecule has 1 saturated carbocycles. The van der Waals surface area contributed by atoms with E-state index in [0.29, 0.717) is 6.07 Å². The van der Waals surface area contributed by atoms with Crippen LogP contribution >= 0.6 is 0 Å². The summed E-state index contributed by atoms with van der Waals surface area (Å²) < 4.78 is 51.2. The lowest BCUT2D eigenvalue weighted by Gasteiger charge is -2.18. The van der Waals surface area contributed by atoms with Gasteiger partial charge in [-0.05, 0) is 24.0 Å². The SMILES string of the molecule is CC1(C)CC1(C(=O)O)c1ccc(C(F)(F)F)cc1F. The van der Waals surface area contributed by atoms with E-state index in [2.05, 4.69) is 0 Å². The van der Waals surface area contributed by atoms with Crippen LogP contribution in [0.2, 0.25) is 0 Å². The minimum absolute atomic E-state index is 0.182. The van der Waals surface area contributed by atoms with Gasteiger partial charge >= 0.3 is 12.1 Å². The number of rotatable bonds is 2. The summed E-state index contributed by atoms with van der Waals surface area (Å²) in [4.78, 5) is 11.3. The van der Waals surface area contributed by atoms with Crippen molar-refractivity contribution < 1.29 is 27.5 Å². The number of carboxylic acids is 1. The van der Waals surface area contributed by atoms with Crippen molar-refractivity contribution >= 4 is 5.97 Å². The Kier molecular flexibility index (Phi) is 2.70. The molecule has 0 aromatic heterocycles. The molecule has 2 nitrogen and oxygen atoms in total. The molecule has 1 N–H and O–H groups in total. The van der Waals surface area contributed by atoms with Crippen molar-refractivity contribution in [1.29, 1.82) is 0 Å². The van der Waals surface area contributed by atoms with Gasteiger partial charge in [0.1, 0.15) is 11.2 Å². The number of alkyl halides is 3. The number of carboxylic acid groups (broad SMARTS) is 1. The molecule has 19 heavy (non-hydrogen) atoms. The van der Waals surface area contributed by atoms with E-state index in [1.54, 1.807) is 13.8 Å². The predicted octanol–water partition coefficient (Wildman–Crippen LogP) is 3.60. The molecule has 0 spiro atoms. The highest BCUT2D eigenvalue weighted by Gasteiger charge is 2.68. The van der Waals surface area contributed by atoms with Crippen molar-refractivity contribution in [2.75, 3.05) is 0 Å². The molecule has 0 aliphatic heterocycles. The van der Waals surface area contributed by atoms with Gasteiger partial charge in [-0.15, -0.1) is 0 Å². The largest absolute Gasteiger partial charge is 0.481 e. The lowest BCUT2D eigenvalue weighted by Crippen LogP contribution is -2.27. The lowest BCUT2D eigenvalue weighted by molar-refractivity contribution is -0.141. The molecule has 0 saturated heterocycles. The van der Waals surface area contributed by atoms with Crippen molar-refractivity contribution in [1.82, 2.24) is 0 Å². The van der Waals surface area contributed by atoms with Crippen LogP contribution in [-0.4, -0.2) is 11.1 Å².